The standard InChI is InChI=1S/C13H15N5O2/c1-16-9-14-15-13(16)17(10-4-2-5-10)11-6-3-7-12(8-11)18(19)20/h3,6-10H,2,4-5H2,1H3. The number of aryl methyl sites for hydroxylation is 1. The second kappa shape index (κ2) is 4.92. The van der Waals surface area contributed by atoms with Gasteiger partial charge in [0.05, 0.1) is 10.6 Å². The van der Waals surface area contributed by atoms with Crippen LogP contribution in [-0.2, 0) is 7.05 Å². The summed E-state index contributed by atoms with van der Waals surface area (Å²) in [7, 11) is 1.87. The van der Waals surface area contributed by atoms with Crippen LogP contribution in [0.5, 0.6) is 0 Å². The first-order valence-corrected chi connectivity index (χ1v) is 6.54. The number of hydrogen-bond donors (Lipinski definition) is 0. The van der Waals surface area contributed by atoms with Gasteiger partial charge in [-0.25, -0.2) is 0 Å². The van der Waals surface area contributed by atoms with E-state index in [4.69, 9.17) is 0 Å². The lowest BCUT2D eigenvalue weighted by molar-refractivity contribution is -0.384. The van der Waals surface area contributed by atoms with Gasteiger partial charge in [0.15, 0.2) is 0 Å². The molecule has 0 unspecified atom stereocenters. The Bertz CT molecular complexity index is 635. The number of nitro benzene ring substituents is 1. The van der Waals surface area contributed by atoms with E-state index in [0.717, 1.165) is 24.5 Å². The van der Waals surface area contributed by atoms with Crippen LogP contribution in [0.15, 0.2) is 30.6 Å². The molecular formula is C13H15N5O2. The van der Waals surface area contributed by atoms with Crippen LogP contribution in [0.25, 0.3) is 0 Å². The predicted molar refractivity (Wildman–Crippen MR) is 73.9 cm³/mol. The third-order valence-electron chi connectivity index (χ3n) is 3.66. The van der Waals surface area contributed by atoms with Gasteiger partial charge >= 0.3 is 0 Å². The summed E-state index contributed by atoms with van der Waals surface area (Å²) in [5.74, 6) is 0.718. The van der Waals surface area contributed by atoms with E-state index >= 15 is 0 Å². The molecule has 3 rings (SSSR count). The molecule has 0 spiro atoms. The van der Waals surface area contributed by atoms with E-state index in [0.29, 0.717) is 6.04 Å². The summed E-state index contributed by atoms with van der Waals surface area (Å²) in [5, 5.41) is 19.0. The fourth-order valence-corrected chi connectivity index (χ4v) is 2.39. The second-order valence-electron chi connectivity index (χ2n) is 4.97. The van der Waals surface area contributed by atoms with Gasteiger partial charge in [-0.05, 0) is 25.3 Å². The lowest BCUT2D eigenvalue weighted by Gasteiger charge is -2.37. The van der Waals surface area contributed by atoms with Gasteiger partial charge in [-0.1, -0.05) is 6.07 Å². The normalized spacial score (nSPS) is 14.8. The molecule has 20 heavy (non-hydrogen) atoms. The minimum absolute atomic E-state index is 0.0917. The maximum atomic E-state index is 10.9. The van der Waals surface area contributed by atoms with Gasteiger partial charge in [-0.15, -0.1) is 10.2 Å². The molecule has 1 aromatic heterocycles. The lowest BCUT2D eigenvalue weighted by atomic mass is 9.91. The molecule has 0 bridgehead atoms. The summed E-state index contributed by atoms with van der Waals surface area (Å²) < 4.78 is 1.83. The number of aromatic nitrogens is 3. The first-order valence-electron chi connectivity index (χ1n) is 6.54. The Morgan fingerprint density at radius 1 is 1.45 bits per heavy atom. The molecule has 7 heteroatoms. The van der Waals surface area contributed by atoms with Crippen molar-refractivity contribution in [1.29, 1.82) is 0 Å². The van der Waals surface area contributed by atoms with Crippen molar-refractivity contribution in [3.63, 3.8) is 0 Å². The topological polar surface area (TPSA) is 77.1 Å². The van der Waals surface area contributed by atoms with Crippen molar-refractivity contribution in [1.82, 2.24) is 14.8 Å². The Morgan fingerprint density at radius 3 is 2.80 bits per heavy atom. The van der Waals surface area contributed by atoms with Crippen molar-refractivity contribution in [2.24, 2.45) is 7.05 Å². The third-order valence-corrected chi connectivity index (χ3v) is 3.66. The molecule has 1 fully saturated rings. The highest BCUT2D eigenvalue weighted by Crippen LogP contribution is 2.35. The highest BCUT2D eigenvalue weighted by Gasteiger charge is 2.29. The van der Waals surface area contributed by atoms with Gasteiger partial charge in [-0.3, -0.25) is 10.1 Å². The summed E-state index contributed by atoms with van der Waals surface area (Å²) in [4.78, 5) is 12.6. The van der Waals surface area contributed by atoms with Gasteiger partial charge in [0, 0.05) is 25.2 Å². The molecule has 0 saturated heterocycles. The van der Waals surface area contributed by atoms with Gasteiger partial charge in [0.2, 0.25) is 5.95 Å². The molecule has 104 valence electrons. The second-order valence-corrected chi connectivity index (χ2v) is 4.97. The van der Waals surface area contributed by atoms with Crippen LogP contribution in [0.4, 0.5) is 17.3 Å². The molecule has 0 amide bonds. The van der Waals surface area contributed by atoms with Gasteiger partial charge in [-0.2, -0.15) is 0 Å². The van der Waals surface area contributed by atoms with Crippen molar-refractivity contribution in [3.8, 4) is 0 Å². The molecular weight excluding hydrogens is 258 g/mol. The first-order chi connectivity index (χ1) is 9.66. The molecule has 1 aliphatic carbocycles. The van der Waals surface area contributed by atoms with E-state index in [9.17, 15) is 10.1 Å². The number of anilines is 2. The number of nitro groups is 1. The van der Waals surface area contributed by atoms with E-state index < -0.39 is 0 Å². The average Bonchev–Trinajstić information content (AvgIpc) is 2.79. The van der Waals surface area contributed by atoms with Crippen molar-refractivity contribution < 1.29 is 4.92 Å². The van der Waals surface area contributed by atoms with Crippen molar-refractivity contribution in [3.05, 3.63) is 40.7 Å². The zero-order valence-corrected chi connectivity index (χ0v) is 11.1. The summed E-state index contributed by atoms with van der Waals surface area (Å²) in [6, 6.07) is 7.00. The van der Waals surface area contributed by atoms with Gasteiger partial charge in [0.25, 0.3) is 5.69 Å². The Balaban J connectivity index is 2.03. The fourth-order valence-electron chi connectivity index (χ4n) is 2.39. The van der Waals surface area contributed by atoms with Gasteiger partial charge < -0.3 is 9.47 Å². The zero-order chi connectivity index (χ0) is 14.1. The molecule has 0 radical (unpaired) electrons. The van der Waals surface area contributed by atoms with Crippen molar-refractivity contribution in [2.45, 2.75) is 25.3 Å². The van der Waals surface area contributed by atoms with E-state index in [-0.39, 0.29) is 10.6 Å². The third kappa shape index (κ3) is 2.11. The van der Waals surface area contributed by atoms with Crippen LogP contribution in [-0.4, -0.2) is 25.7 Å². The first kappa shape index (κ1) is 12.6. The van der Waals surface area contributed by atoms with Crippen LogP contribution >= 0.6 is 0 Å². The summed E-state index contributed by atoms with van der Waals surface area (Å²) in [6.07, 6.45) is 4.94. The molecule has 1 aromatic carbocycles. The minimum atomic E-state index is -0.376. The van der Waals surface area contributed by atoms with Crippen molar-refractivity contribution in [2.75, 3.05) is 4.90 Å². The Morgan fingerprint density at radius 2 is 2.25 bits per heavy atom. The van der Waals surface area contributed by atoms with Crippen LogP contribution in [0, 0.1) is 10.1 Å². The molecule has 1 aliphatic rings. The zero-order valence-electron chi connectivity index (χ0n) is 11.1. The van der Waals surface area contributed by atoms with Crippen molar-refractivity contribution >= 4 is 17.3 Å². The molecule has 1 saturated carbocycles. The SMILES string of the molecule is Cn1cnnc1N(c1cccc([N+](=O)[O-])c1)C1CCC1. The van der Waals surface area contributed by atoms with Gasteiger partial charge in [0.1, 0.15) is 6.33 Å². The minimum Gasteiger partial charge on any atom is -0.307 e. The number of nitrogens with zero attached hydrogens (tertiary/aromatic N) is 5. The maximum Gasteiger partial charge on any atom is 0.271 e. The monoisotopic (exact) mass is 273 g/mol. The largest absolute Gasteiger partial charge is 0.307 e. The van der Waals surface area contributed by atoms with Crippen LogP contribution in [0.1, 0.15) is 19.3 Å². The highest BCUT2D eigenvalue weighted by molar-refractivity contribution is 5.62. The Kier molecular flexibility index (Phi) is 3.09. The number of non-ortho nitro benzene ring substituents is 1. The fraction of sp³-hybridized carbons (Fsp3) is 0.385. The maximum absolute atomic E-state index is 10.9. The van der Waals surface area contributed by atoms with E-state index in [1.54, 1.807) is 18.5 Å². The quantitative estimate of drug-likeness (QED) is 0.631. The van der Waals surface area contributed by atoms with Crippen LogP contribution in [0.3, 0.4) is 0 Å². The molecule has 0 N–H and O–H groups in total. The summed E-state index contributed by atoms with van der Waals surface area (Å²) >= 11 is 0. The number of benzene rings is 1. The van der Waals surface area contributed by atoms with E-state index in [1.165, 1.54) is 12.5 Å². The molecule has 1 heterocycles. The highest BCUT2D eigenvalue weighted by atomic mass is 16.6. The summed E-state index contributed by atoms with van der Waals surface area (Å²) in [5.41, 5.74) is 0.883. The lowest BCUT2D eigenvalue weighted by Crippen LogP contribution is -2.38. The number of hydrogen-bond acceptors (Lipinski definition) is 5. The average molecular weight is 273 g/mol. The summed E-state index contributed by atoms with van der Waals surface area (Å²) in [6.45, 7) is 0. The van der Waals surface area contributed by atoms with Crippen LogP contribution < -0.4 is 4.90 Å². The Labute approximate surface area is 116 Å². The molecule has 0 aliphatic heterocycles. The number of rotatable bonds is 4. The van der Waals surface area contributed by atoms with E-state index in [1.807, 2.05) is 22.6 Å². The molecule has 0 atom stereocenters. The molecule has 2 aromatic rings. The van der Waals surface area contributed by atoms with Crippen LogP contribution in [0.2, 0.25) is 0 Å². The molecule has 7 nitrogen and oxygen atoms in total. The Hall–Kier alpha value is -2.44. The predicted octanol–water partition coefficient (Wildman–Crippen LogP) is 2.41. The van der Waals surface area contributed by atoms with E-state index in [2.05, 4.69) is 10.2 Å². The smallest absolute Gasteiger partial charge is 0.271 e.